The molecule has 0 N–H and O–H groups in total. The Balaban J connectivity index is 1.35. The highest BCUT2D eigenvalue weighted by Crippen LogP contribution is 2.31. The van der Waals surface area contributed by atoms with Gasteiger partial charge in [0, 0.05) is 63.8 Å². The summed E-state index contributed by atoms with van der Waals surface area (Å²) < 4.78 is 5.32. The maximum atomic E-state index is 12.5. The molecule has 27 heavy (non-hydrogen) atoms. The standard InChI is InChI=1S/C20H25N5O2/c1-27-17-4-5-18-16(15-17)3-6-19(26)25(18)14-11-23-9-12-24(13-10-23)20-21-7-2-8-22-20/h2,4-5,7-8,15H,3,6,9-14H2,1H3. The molecule has 7 heteroatoms. The molecule has 0 unspecified atom stereocenters. The van der Waals surface area contributed by atoms with E-state index in [1.807, 2.05) is 29.2 Å². The summed E-state index contributed by atoms with van der Waals surface area (Å²) in [6, 6.07) is 7.83. The second-order valence-electron chi connectivity index (χ2n) is 6.92. The van der Waals surface area contributed by atoms with Gasteiger partial charge in [0.05, 0.1) is 7.11 Å². The number of benzene rings is 1. The molecule has 0 aliphatic carbocycles. The number of amides is 1. The summed E-state index contributed by atoms with van der Waals surface area (Å²) in [4.78, 5) is 27.7. The number of ether oxygens (including phenoxy) is 1. The molecular formula is C20H25N5O2. The Morgan fingerprint density at radius 1 is 1.04 bits per heavy atom. The molecule has 7 nitrogen and oxygen atoms in total. The van der Waals surface area contributed by atoms with Crippen LogP contribution in [0.15, 0.2) is 36.7 Å². The highest BCUT2D eigenvalue weighted by atomic mass is 16.5. The van der Waals surface area contributed by atoms with Crippen LogP contribution in [0.1, 0.15) is 12.0 Å². The third-order valence-corrected chi connectivity index (χ3v) is 5.33. The Morgan fingerprint density at radius 3 is 2.56 bits per heavy atom. The number of nitrogens with zero attached hydrogens (tertiary/aromatic N) is 5. The number of hydrogen-bond acceptors (Lipinski definition) is 6. The number of hydrogen-bond donors (Lipinski definition) is 0. The molecule has 1 aromatic carbocycles. The number of piperazine rings is 1. The van der Waals surface area contributed by atoms with E-state index in [1.54, 1.807) is 19.5 Å². The lowest BCUT2D eigenvalue weighted by Crippen LogP contribution is -2.50. The minimum Gasteiger partial charge on any atom is -0.497 e. The molecule has 0 saturated carbocycles. The lowest BCUT2D eigenvalue weighted by Gasteiger charge is -2.36. The van der Waals surface area contributed by atoms with E-state index in [9.17, 15) is 4.79 Å². The van der Waals surface area contributed by atoms with E-state index < -0.39 is 0 Å². The van der Waals surface area contributed by atoms with Gasteiger partial charge < -0.3 is 14.5 Å². The summed E-state index contributed by atoms with van der Waals surface area (Å²) in [7, 11) is 1.67. The molecular weight excluding hydrogens is 342 g/mol. The first kappa shape index (κ1) is 17.7. The molecule has 2 aliphatic heterocycles. The van der Waals surface area contributed by atoms with Crippen LogP contribution in [-0.4, -0.2) is 67.2 Å². The van der Waals surface area contributed by atoms with E-state index >= 15 is 0 Å². The monoisotopic (exact) mass is 367 g/mol. The molecule has 2 aliphatic rings. The van der Waals surface area contributed by atoms with Crippen LogP contribution < -0.4 is 14.5 Å². The highest BCUT2D eigenvalue weighted by molar-refractivity contribution is 5.96. The molecule has 1 amide bonds. The van der Waals surface area contributed by atoms with E-state index in [4.69, 9.17) is 4.74 Å². The SMILES string of the molecule is COc1ccc2c(c1)CCC(=O)N2CCN1CCN(c2ncccn2)CC1. The minimum atomic E-state index is 0.212. The van der Waals surface area contributed by atoms with E-state index in [-0.39, 0.29) is 5.91 Å². The van der Waals surface area contributed by atoms with E-state index in [0.29, 0.717) is 6.42 Å². The van der Waals surface area contributed by atoms with Crippen LogP contribution in [0.25, 0.3) is 0 Å². The number of fused-ring (bicyclic) bond motifs is 1. The molecule has 0 spiro atoms. The summed E-state index contributed by atoms with van der Waals surface area (Å²) >= 11 is 0. The van der Waals surface area contributed by atoms with Crippen LogP contribution in [0.5, 0.6) is 5.75 Å². The highest BCUT2D eigenvalue weighted by Gasteiger charge is 2.26. The first-order valence-corrected chi connectivity index (χ1v) is 9.46. The van der Waals surface area contributed by atoms with Crippen molar-refractivity contribution in [1.29, 1.82) is 0 Å². The van der Waals surface area contributed by atoms with Crippen LogP contribution in [0.2, 0.25) is 0 Å². The van der Waals surface area contributed by atoms with Gasteiger partial charge in [0.2, 0.25) is 11.9 Å². The smallest absolute Gasteiger partial charge is 0.227 e. The van der Waals surface area contributed by atoms with Crippen molar-refractivity contribution >= 4 is 17.5 Å². The van der Waals surface area contributed by atoms with Crippen molar-refractivity contribution in [1.82, 2.24) is 14.9 Å². The third-order valence-electron chi connectivity index (χ3n) is 5.33. The molecule has 1 aromatic heterocycles. The summed E-state index contributed by atoms with van der Waals surface area (Å²) in [5.74, 6) is 1.86. The van der Waals surface area contributed by atoms with Crippen LogP contribution in [0, 0.1) is 0 Å². The molecule has 0 bridgehead atoms. The Morgan fingerprint density at radius 2 is 1.81 bits per heavy atom. The fourth-order valence-corrected chi connectivity index (χ4v) is 3.78. The number of carbonyl (C=O) groups excluding carboxylic acids is 1. The largest absolute Gasteiger partial charge is 0.497 e. The van der Waals surface area contributed by atoms with Crippen molar-refractivity contribution in [3.8, 4) is 5.75 Å². The topological polar surface area (TPSA) is 61.8 Å². The van der Waals surface area contributed by atoms with Crippen LogP contribution in [0.4, 0.5) is 11.6 Å². The maximum Gasteiger partial charge on any atom is 0.227 e. The molecule has 2 aromatic rings. The molecule has 142 valence electrons. The fraction of sp³-hybridized carbons (Fsp3) is 0.450. The summed E-state index contributed by atoms with van der Waals surface area (Å²) in [5, 5.41) is 0. The Hall–Kier alpha value is -2.67. The van der Waals surface area contributed by atoms with Gasteiger partial charge in [0.1, 0.15) is 5.75 Å². The second-order valence-corrected chi connectivity index (χ2v) is 6.92. The van der Waals surface area contributed by atoms with Gasteiger partial charge in [0.15, 0.2) is 0 Å². The molecule has 1 saturated heterocycles. The number of anilines is 2. The van der Waals surface area contributed by atoms with Crippen LogP contribution in [0.3, 0.4) is 0 Å². The predicted molar refractivity (Wildman–Crippen MR) is 104 cm³/mol. The van der Waals surface area contributed by atoms with Gasteiger partial charge in [-0.2, -0.15) is 0 Å². The van der Waals surface area contributed by atoms with Crippen molar-refractivity contribution in [3.63, 3.8) is 0 Å². The van der Waals surface area contributed by atoms with Gasteiger partial charge in [-0.25, -0.2) is 9.97 Å². The van der Waals surface area contributed by atoms with Gasteiger partial charge in [-0.15, -0.1) is 0 Å². The van der Waals surface area contributed by atoms with Gasteiger partial charge in [-0.1, -0.05) is 0 Å². The van der Waals surface area contributed by atoms with Gasteiger partial charge >= 0.3 is 0 Å². The van der Waals surface area contributed by atoms with Crippen molar-refractivity contribution in [2.45, 2.75) is 12.8 Å². The van der Waals surface area contributed by atoms with E-state index in [1.165, 1.54) is 5.56 Å². The third kappa shape index (κ3) is 3.88. The van der Waals surface area contributed by atoms with Crippen LogP contribution >= 0.6 is 0 Å². The minimum absolute atomic E-state index is 0.212. The zero-order valence-corrected chi connectivity index (χ0v) is 15.7. The number of carbonyl (C=O) groups is 1. The van der Waals surface area contributed by atoms with E-state index in [0.717, 1.165) is 63.1 Å². The molecule has 4 rings (SSSR count). The van der Waals surface area contributed by atoms with Gasteiger partial charge in [-0.3, -0.25) is 9.69 Å². The lowest BCUT2D eigenvalue weighted by atomic mass is 10.0. The van der Waals surface area contributed by atoms with E-state index in [2.05, 4.69) is 19.8 Å². The number of rotatable bonds is 5. The number of aromatic nitrogens is 2. The molecule has 3 heterocycles. The average Bonchev–Trinajstić information content (AvgIpc) is 2.73. The van der Waals surface area contributed by atoms with Crippen molar-refractivity contribution in [2.75, 3.05) is 56.2 Å². The van der Waals surface area contributed by atoms with Gasteiger partial charge in [0.25, 0.3) is 0 Å². The summed E-state index contributed by atoms with van der Waals surface area (Å²) in [5.41, 5.74) is 2.23. The number of aryl methyl sites for hydroxylation is 1. The lowest BCUT2D eigenvalue weighted by molar-refractivity contribution is -0.118. The molecule has 0 radical (unpaired) electrons. The Labute approximate surface area is 159 Å². The second kappa shape index (κ2) is 7.92. The Kier molecular flexibility index (Phi) is 5.20. The summed E-state index contributed by atoms with van der Waals surface area (Å²) in [6.07, 6.45) is 4.92. The normalized spacial score (nSPS) is 17.7. The maximum absolute atomic E-state index is 12.5. The number of methoxy groups -OCH3 is 1. The van der Waals surface area contributed by atoms with Crippen molar-refractivity contribution < 1.29 is 9.53 Å². The predicted octanol–water partition coefficient (Wildman–Crippen LogP) is 1.59. The Bertz CT molecular complexity index is 790. The van der Waals surface area contributed by atoms with Gasteiger partial charge in [-0.05, 0) is 36.2 Å². The first-order chi connectivity index (χ1) is 13.2. The zero-order valence-electron chi connectivity index (χ0n) is 15.7. The zero-order chi connectivity index (χ0) is 18.6. The first-order valence-electron chi connectivity index (χ1n) is 9.46. The van der Waals surface area contributed by atoms with Crippen molar-refractivity contribution in [2.24, 2.45) is 0 Å². The van der Waals surface area contributed by atoms with Crippen LogP contribution in [-0.2, 0) is 11.2 Å². The summed E-state index contributed by atoms with van der Waals surface area (Å²) in [6.45, 7) is 5.32. The molecule has 1 fully saturated rings. The quantitative estimate of drug-likeness (QED) is 0.800. The fourth-order valence-electron chi connectivity index (χ4n) is 3.78. The average molecular weight is 367 g/mol. The molecule has 0 atom stereocenters. The van der Waals surface area contributed by atoms with Crippen molar-refractivity contribution in [3.05, 3.63) is 42.2 Å².